The molecule has 2 aromatic rings. The van der Waals surface area contributed by atoms with E-state index in [0.29, 0.717) is 0 Å². The molecule has 0 aliphatic heterocycles. The number of benzene rings is 1. The fourth-order valence-electron chi connectivity index (χ4n) is 2.65. The van der Waals surface area contributed by atoms with Gasteiger partial charge < -0.3 is 5.11 Å². The summed E-state index contributed by atoms with van der Waals surface area (Å²) in [5.74, 6) is 0.730. The minimum Gasteiger partial charge on any atom is -0.389 e. The van der Waals surface area contributed by atoms with Crippen LogP contribution in [-0.4, -0.2) is 26.4 Å². The summed E-state index contributed by atoms with van der Waals surface area (Å²) in [5, 5.41) is 12.6. The smallest absolute Gasteiger partial charge is 0.117 e. The van der Waals surface area contributed by atoms with Crippen LogP contribution in [0.25, 0.3) is 10.9 Å². The average molecular weight is 274 g/mol. The van der Waals surface area contributed by atoms with Gasteiger partial charge in [0.1, 0.15) is 11.4 Å². The molecule has 0 amide bonds. The Balaban J connectivity index is 1.78. The van der Waals surface area contributed by atoms with Crippen LogP contribution in [0.1, 0.15) is 32.1 Å². The maximum absolute atomic E-state index is 10.5. The Hall–Kier alpha value is -1.13. The van der Waals surface area contributed by atoms with Crippen molar-refractivity contribution >= 4 is 22.7 Å². The van der Waals surface area contributed by atoms with Crippen molar-refractivity contribution in [1.29, 1.82) is 0 Å². The molecular formula is C15H18N2OS. The van der Waals surface area contributed by atoms with Crippen LogP contribution < -0.4 is 0 Å². The molecule has 1 N–H and O–H groups in total. The molecule has 1 aromatic carbocycles. The van der Waals surface area contributed by atoms with E-state index in [1.54, 1.807) is 18.1 Å². The first-order chi connectivity index (χ1) is 9.27. The van der Waals surface area contributed by atoms with Crippen molar-refractivity contribution in [2.45, 2.75) is 42.7 Å². The summed E-state index contributed by atoms with van der Waals surface area (Å²) in [6, 6.07) is 8.03. The normalized spacial score (nSPS) is 18.6. The Kier molecular flexibility index (Phi) is 3.71. The van der Waals surface area contributed by atoms with Gasteiger partial charge in [-0.15, -0.1) is 11.8 Å². The quantitative estimate of drug-likeness (QED) is 0.688. The van der Waals surface area contributed by atoms with E-state index in [1.165, 1.54) is 6.42 Å². The number of hydrogen-bond donors (Lipinski definition) is 1. The van der Waals surface area contributed by atoms with E-state index < -0.39 is 5.60 Å². The lowest BCUT2D eigenvalue weighted by molar-refractivity contribution is 0.0273. The molecule has 0 atom stereocenters. The molecule has 0 unspecified atom stereocenters. The Bertz CT molecular complexity index is 562. The van der Waals surface area contributed by atoms with Gasteiger partial charge in [-0.05, 0) is 18.9 Å². The molecule has 19 heavy (non-hydrogen) atoms. The number of para-hydroxylation sites is 1. The molecule has 4 heteroatoms. The lowest BCUT2D eigenvalue weighted by Gasteiger charge is -2.31. The largest absolute Gasteiger partial charge is 0.389 e. The van der Waals surface area contributed by atoms with Crippen molar-refractivity contribution in [3.8, 4) is 0 Å². The molecule has 1 aromatic heterocycles. The van der Waals surface area contributed by atoms with E-state index >= 15 is 0 Å². The van der Waals surface area contributed by atoms with E-state index in [9.17, 15) is 5.11 Å². The summed E-state index contributed by atoms with van der Waals surface area (Å²) in [7, 11) is 0. The first kappa shape index (κ1) is 12.9. The molecule has 0 radical (unpaired) electrons. The highest BCUT2D eigenvalue weighted by Crippen LogP contribution is 2.34. The van der Waals surface area contributed by atoms with Crippen LogP contribution in [0, 0.1) is 0 Å². The molecule has 0 saturated heterocycles. The zero-order chi connectivity index (χ0) is 13.1. The Morgan fingerprint density at radius 2 is 1.89 bits per heavy atom. The molecule has 1 heterocycles. The highest BCUT2D eigenvalue weighted by atomic mass is 32.2. The second-order valence-corrected chi connectivity index (χ2v) is 6.23. The minimum absolute atomic E-state index is 0.505. The van der Waals surface area contributed by atoms with Crippen LogP contribution in [0.2, 0.25) is 0 Å². The third-order valence-electron chi connectivity index (χ3n) is 3.77. The Morgan fingerprint density at radius 1 is 1.11 bits per heavy atom. The number of aromatic nitrogens is 2. The first-order valence-electron chi connectivity index (χ1n) is 6.82. The van der Waals surface area contributed by atoms with Gasteiger partial charge in [0.15, 0.2) is 0 Å². The monoisotopic (exact) mass is 274 g/mol. The van der Waals surface area contributed by atoms with Crippen molar-refractivity contribution in [3.05, 3.63) is 30.6 Å². The summed E-state index contributed by atoms with van der Waals surface area (Å²) in [4.78, 5) is 8.63. The van der Waals surface area contributed by atoms with Gasteiger partial charge in [-0.3, -0.25) is 0 Å². The predicted molar refractivity (Wildman–Crippen MR) is 78.3 cm³/mol. The minimum atomic E-state index is -0.505. The fraction of sp³-hybridized carbons (Fsp3) is 0.467. The van der Waals surface area contributed by atoms with Gasteiger partial charge in [-0.25, -0.2) is 9.97 Å². The summed E-state index contributed by atoms with van der Waals surface area (Å²) >= 11 is 1.65. The van der Waals surface area contributed by atoms with Crippen molar-refractivity contribution < 1.29 is 5.11 Å². The lowest BCUT2D eigenvalue weighted by Crippen LogP contribution is -2.34. The maximum atomic E-state index is 10.5. The number of hydrogen-bond acceptors (Lipinski definition) is 4. The number of nitrogens with zero attached hydrogens (tertiary/aromatic N) is 2. The fourth-order valence-corrected chi connectivity index (χ4v) is 3.80. The van der Waals surface area contributed by atoms with Crippen molar-refractivity contribution in [2.75, 3.05) is 5.75 Å². The van der Waals surface area contributed by atoms with Crippen LogP contribution in [-0.2, 0) is 0 Å². The molecule has 1 aliphatic rings. The van der Waals surface area contributed by atoms with Crippen LogP contribution >= 0.6 is 11.8 Å². The van der Waals surface area contributed by atoms with Crippen LogP contribution in [0.3, 0.4) is 0 Å². The second-order valence-electron chi connectivity index (χ2n) is 5.27. The molecule has 1 fully saturated rings. The van der Waals surface area contributed by atoms with Gasteiger partial charge in [-0.1, -0.05) is 37.5 Å². The van der Waals surface area contributed by atoms with Gasteiger partial charge in [0, 0.05) is 11.1 Å². The predicted octanol–water partition coefficient (Wildman–Crippen LogP) is 3.42. The van der Waals surface area contributed by atoms with Gasteiger partial charge in [0.25, 0.3) is 0 Å². The van der Waals surface area contributed by atoms with E-state index in [2.05, 4.69) is 9.97 Å². The third-order valence-corrected chi connectivity index (χ3v) is 5.05. The second kappa shape index (κ2) is 5.47. The highest BCUT2D eigenvalue weighted by Gasteiger charge is 2.29. The van der Waals surface area contributed by atoms with Gasteiger partial charge in [0.2, 0.25) is 0 Å². The van der Waals surface area contributed by atoms with Crippen LogP contribution in [0.4, 0.5) is 0 Å². The average Bonchev–Trinajstić information content (AvgIpc) is 2.46. The molecule has 3 rings (SSSR count). The SMILES string of the molecule is OC1(CSc2ncnc3ccccc23)CCCCC1. The lowest BCUT2D eigenvalue weighted by atomic mass is 9.86. The van der Waals surface area contributed by atoms with Gasteiger partial charge >= 0.3 is 0 Å². The van der Waals surface area contributed by atoms with E-state index in [-0.39, 0.29) is 0 Å². The molecule has 1 saturated carbocycles. The summed E-state index contributed by atoms with van der Waals surface area (Å²) in [5.41, 5.74) is 0.463. The molecule has 1 aliphatic carbocycles. The standard InChI is InChI=1S/C15H18N2OS/c18-15(8-4-1-5-9-15)10-19-14-12-6-2-3-7-13(12)16-11-17-14/h2-3,6-7,11,18H,1,4-5,8-10H2. The number of fused-ring (bicyclic) bond motifs is 1. The summed E-state index contributed by atoms with van der Waals surface area (Å²) < 4.78 is 0. The highest BCUT2D eigenvalue weighted by molar-refractivity contribution is 7.99. The Morgan fingerprint density at radius 3 is 2.74 bits per heavy atom. The Labute approximate surface area is 117 Å². The van der Waals surface area contributed by atoms with Crippen molar-refractivity contribution in [2.24, 2.45) is 0 Å². The molecule has 0 bridgehead atoms. The first-order valence-corrected chi connectivity index (χ1v) is 7.80. The number of aliphatic hydroxyl groups is 1. The van der Waals surface area contributed by atoms with Gasteiger partial charge in [-0.2, -0.15) is 0 Å². The zero-order valence-corrected chi connectivity index (χ0v) is 11.7. The van der Waals surface area contributed by atoms with E-state index in [0.717, 1.165) is 47.4 Å². The van der Waals surface area contributed by atoms with E-state index in [1.807, 2.05) is 24.3 Å². The number of rotatable bonds is 3. The number of thioether (sulfide) groups is 1. The van der Waals surface area contributed by atoms with Gasteiger partial charge in [0.05, 0.1) is 11.1 Å². The molecular weight excluding hydrogens is 256 g/mol. The molecule has 100 valence electrons. The van der Waals surface area contributed by atoms with E-state index in [4.69, 9.17) is 0 Å². The van der Waals surface area contributed by atoms with Crippen LogP contribution in [0.15, 0.2) is 35.6 Å². The molecule has 0 spiro atoms. The summed E-state index contributed by atoms with van der Waals surface area (Å²) in [6.07, 6.45) is 6.98. The zero-order valence-electron chi connectivity index (χ0n) is 10.9. The summed E-state index contributed by atoms with van der Waals surface area (Å²) in [6.45, 7) is 0. The van der Waals surface area contributed by atoms with Crippen LogP contribution in [0.5, 0.6) is 0 Å². The third kappa shape index (κ3) is 2.90. The van der Waals surface area contributed by atoms with Crippen molar-refractivity contribution in [1.82, 2.24) is 9.97 Å². The topological polar surface area (TPSA) is 46.0 Å². The molecule has 3 nitrogen and oxygen atoms in total. The maximum Gasteiger partial charge on any atom is 0.117 e. The van der Waals surface area contributed by atoms with Crippen molar-refractivity contribution in [3.63, 3.8) is 0 Å².